The van der Waals surface area contributed by atoms with Gasteiger partial charge in [0.15, 0.2) is 0 Å². The van der Waals surface area contributed by atoms with Crippen LogP contribution in [0.15, 0.2) is 22.7 Å². The molecule has 1 aliphatic heterocycles. The van der Waals surface area contributed by atoms with Gasteiger partial charge in [-0.25, -0.2) is 0 Å². The van der Waals surface area contributed by atoms with Crippen molar-refractivity contribution in [2.45, 2.75) is 25.8 Å². The number of H-pyrrole nitrogens is 1. The molecule has 116 valence electrons. The molecule has 0 saturated heterocycles. The summed E-state index contributed by atoms with van der Waals surface area (Å²) in [7, 11) is 0. The number of carbonyl (C=O) groups excluding carboxylic acids is 1. The highest BCUT2D eigenvalue weighted by Crippen LogP contribution is 2.32. The highest BCUT2D eigenvalue weighted by atomic mass is 79.9. The second-order valence-electron chi connectivity index (χ2n) is 6.27. The van der Waals surface area contributed by atoms with E-state index in [-0.39, 0.29) is 12.5 Å². The van der Waals surface area contributed by atoms with Crippen molar-refractivity contribution in [2.24, 2.45) is 5.92 Å². The number of ether oxygens (including phenoxy) is 1. The van der Waals surface area contributed by atoms with Crippen molar-refractivity contribution < 1.29 is 9.53 Å². The maximum absolute atomic E-state index is 12.3. The number of aromatic amines is 1. The molecular weight excluding hydrogens is 344 g/mol. The zero-order chi connectivity index (χ0) is 15.1. The molecule has 0 bridgehead atoms. The fraction of sp³-hybridized carbons (Fsp3) is 0.471. The molecule has 1 aromatic heterocycles. The zero-order valence-corrected chi connectivity index (χ0v) is 14.0. The number of rotatable bonds is 4. The molecule has 22 heavy (non-hydrogen) atoms. The number of carbonyl (C=O) groups is 1. The van der Waals surface area contributed by atoms with Gasteiger partial charge in [0.2, 0.25) is 5.91 Å². The fourth-order valence-electron chi connectivity index (χ4n) is 3.10. The Kier molecular flexibility index (Phi) is 3.70. The molecule has 0 spiro atoms. The number of amides is 1. The van der Waals surface area contributed by atoms with E-state index in [9.17, 15) is 4.79 Å². The standard InChI is InChI=1S/C17H19BrN2O2/c18-14-3-1-2-12-13-8-20(7-6-15(13)19-17(12)14)16(21)10-22-9-11-4-5-11/h1-3,11,19H,4-10H2. The van der Waals surface area contributed by atoms with Gasteiger partial charge in [0.05, 0.1) is 12.1 Å². The molecule has 0 atom stereocenters. The van der Waals surface area contributed by atoms with Gasteiger partial charge in [-0.15, -0.1) is 0 Å². The van der Waals surface area contributed by atoms with E-state index in [0.717, 1.165) is 29.6 Å². The average molecular weight is 363 g/mol. The van der Waals surface area contributed by atoms with E-state index in [1.165, 1.54) is 29.5 Å². The third-order valence-corrected chi connectivity index (χ3v) is 5.25. The average Bonchev–Trinajstić information content (AvgIpc) is 3.26. The van der Waals surface area contributed by atoms with E-state index in [1.807, 2.05) is 17.0 Å². The van der Waals surface area contributed by atoms with E-state index in [2.05, 4.69) is 27.0 Å². The maximum Gasteiger partial charge on any atom is 0.248 e. The minimum atomic E-state index is 0.107. The van der Waals surface area contributed by atoms with Crippen LogP contribution in [0, 0.1) is 5.92 Å². The summed E-state index contributed by atoms with van der Waals surface area (Å²) in [4.78, 5) is 17.7. The van der Waals surface area contributed by atoms with Crippen molar-refractivity contribution in [1.29, 1.82) is 0 Å². The second kappa shape index (κ2) is 5.70. The van der Waals surface area contributed by atoms with Crippen LogP contribution in [0.3, 0.4) is 0 Å². The first-order valence-electron chi connectivity index (χ1n) is 7.86. The van der Waals surface area contributed by atoms with Crippen LogP contribution in [-0.2, 0) is 22.5 Å². The van der Waals surface area contributed by atoms with Crippen LogP contribution >= 0.6 is 15.9 Å². The molecule has 1 aliphatic carbocycles. The topological polar surface area (TPSA) is 45.3 Å². The first-order chi connectivity index (χ1) is 10.7. The number of halogens is 1. The van der Waals surface area contributed by atoms with Crippen molar-refractivity contribution in [3.63, 3.8) is 0 Å². The lowest BCUT2D eigenvalue weighted by atomic mass is 10.0. The van der Waals surface area contributed by atoms with E-state index in [0.29, 0.717) is 12.5 Å². The summed E-state index contributed by atoms with van der Waals surface area (Å²) >= 11 is 3.59. The third-order valence-electron chi connectivity index (χ3n) is 4.59. The van der Waals surface area contributed by atoms with Crippen molar-refractivity contribution in [1.82, 2.24) is 9.88 Å². The van der Waals surface area contributed by atoms with Gasteiger partial charge in [-0.3, -0.25) is 4.79 Å². The van der Waals surface area contributed by atoms with Crippen molar-refractivity contribution in [3.05, 3.63) is 33.9 Å². The summed E-state index contributed by atoms with van der Waals surface area (Å²) in [5, 5.41) is 1.21. The van der Waals surface area contributed by atoms with E-state index >= 15 is 0 Å². The molecule has 1 saturated carbocycles. The minimum Gasteiger partial charge on any atom is -0.371 e. The lowest BCUT2D eigenvalue weighted by molar-refractivity contribution is -0.137. The molecule has 5 heteroatoms. The lowest BCUT2D eigenvalue weighted by Crippen LogP contribution is -2.38. The van der Waals surface area contributed by atoms with Crippen molar-refractivity contribution in [2.75, 3.05) is 19.8 Å². The van der Waals surface area contributed by atoms with Crippen molar-refractivity contribution >= 4 is 32.7 Å². The molecule has 4 rings (SSSR count). The van der Waals surface area contributed by atoms with Gasteiger partial charge >= 0.3 is 0 Å². The summed E-state index contributed by atoms with van der Waals surface area (Å²) < 4.78 is 6.62. The first kappa shape index (κ1) is 14.3. The summed E-state index contributed by atoms with van der Waals surface area (Å²) in [6, 6.07) is 6.20. The Bertz CT molecular complexity index is 721. The predicted molar refractivity (Wildman–Crippen MR) is 88.7 cm³/mol. The Morgan fingerprint density at radius 3 is 3.09 bits per heavy atom. The normalized spacial score (nSPS) is 17.8. The van der Waals surface area contributed by atoms with Crippen molar-refractivity contribution in [3.8, 4) is 0 Å². The number of para-hydroxylation sites is 1. The quantitative estimate of drug-likeness (QED) is 0.907. The van der Waals surface area contributed by atoms with E-state index in [4.69, 9.17) is 4.74 Å². The molecule has 4 nitrogen and oxygen atoms in total. The molecule has 2 aliphatic rings. The Morgan fingerprint density at radius 2 is 2.27 bits per heavy atom. The molecular formula is C17H19BrN2O2. The van der Waals surface area contributed by atoms with Crippen LogP contribution in [0.25, 0.3) is 10.9 Å². The highest BCUT2D eigenvalue weighted by Gasteiger charge is 2.26. The van der Waals surface area contributed by atoms with Crippen LogP contribution in [-0.4, -0.2) is 35.5 Å². The van der Waals surface area contributed by atoms with Gasteiger partial charge in [-0.1, -0.05) is 12.1 Å². The predicted octanol–water partition coefficient (Wildman–Crippen LogP) is 3.24. The Morgan fingerprint density at radius 1 is 1.41 bits per heavy atom. The largest absolute Gasteiger partial charge is 0.371 e. The number of nitrogens with zero attached hydrogens (tertiary/aromatic N) is 1. The number of nitrogens with one attached hydrogen (secondary N) is 1. The van der Waals surface area contributed by atoms with Gasteiger partial charge in [0.1, 0.15) is 6.61 Å². The Labute approximate surface area is 137 Å². The molecule has 0 unspecified atom stereocenters. The van der Waals surface area contributed by atoms with Crippen LogP contribution in [0.5, 0.6) is 0 Å². The molecule has 2 heterocycles. The monoisotopic (exact) mass is 362 g/mol. The second-order valence-corrected chi connectivity index (χ2v) is 7.12. The molecule has 2 aromatic rings. The highest BCUT2D eigenvalue weighted by molar-refractivity contribution is 9.10. The summed E-state index contributed by atoms with van der Waals surface area (Å²) in [6.07, 6.45) is 3.39. The smallest absolute Gasteiger partial charge is 0.248 e. The van der Waals surface area contributed by atoms with Crippen LogP contribution in [0.4, 0.5) is 0 Å². The summed E-state index contributed by atoms with van der Waals surface area (Å²) in [5.41, 5.74) is 3.63. The van der Waals surface area contributed by atoms with E-state index < -0.39 is 0 Å². The molecule has 1 fully saturated rings. The van der Waals surface area contributed by atoms with Gasteiger partial charge in [-0.05, 0) is 40.8 Å². The number of hydrogen-bond acceptors (Lipinski definition) is 2. The number of benzene rings is 1. The molecule has 1 amide bonds. The zero-order valence-electron chi connectivity index (χ0n) is 12.4. The lowest BCUT2D eigenvalue weighted by Gasteiger charge is -2.27. The minimum absolute atomic E-state index is 0.107. The fourth-order valence-corrected chi connectivity index (χ4v) is 3.57. The Hall–Kier alpha value is -1.33. The number of fused-ring (bicyclic) bond motifs is 3. The molecule has 1 N–H and O–H groups in total. The van der Waals surface area contributed by atoms with Gasteiger partial charge in [0.25, 0.3) is 0 Å². The summed E-state index contributed by atoms with van der Waals surface area (Å²) in [5.74, 6) is 0.808. The SMILES string of the molecule is O=C(COCC1CC1)N1CCc2[nH]c3c(Br)cccc3c2C1. The number of aromatic nitrogens is 1. The Balaban J connectivity index is 1.49. The number of hydrogen-bond donors (Lipinski definition) is 1. The summed E-state index contributed by atoms with van der Waals surface area (Å²) in [6.45, 7) is 2.41. The van der Waals surface area contributed by atoms with Gasteiger partial charge in [-0.2, -0.15) is 0 Å². The molecule has 0 radical (unpaired) electrons. The van der Waals surface area contributed by atoms with Crippen LogP contribution in [0.2, 0.25) is 0 Å². The van der Waals surface area contributed by atoms with Gasteiger partial charge in [0, 0.05) is 40.6 Å². The third kappa shape index (κ3) is 2.68. The first-order valence-corrected chi connectivity index (χ1v) is 8.65. The van der Waals surface area contributed by atoms with Crippen LogP contribution < -0.4 is 0 Å². The van der Waals surface area contributed by atoms with E-state index in [1.54, 1.807) is 0 Å². The van der Waals surface area contributed by atoms with Gasteiger partial charge < -0.3 is 14.6 Å². The maximum atomic E-state index is 12.3. The molecule has 1 aromatic carbocycles. The van der Waals surface area contributed by atoms with Crippen LogP contribution in [0.1, 0.15) is 24.1 Å².